The molecule has 1 unspecified atom stereocenters. The van der Waals surface area contributed by atoms with Crippen molar-refractivity contribution in [3.05, 3.63) is 89.3 Å². The third-order valence-electron chi connectivity index (χ3n) is 4.36. The highest BCUT2D eigenvalue weighted by Crippen LogP contribution is 2.36. The summed E-state index contributed by atoms with van der Waals surface area (Å²) in [7, 11) is 0. The van der Waals surface area contributed by atoms with Gasteiger partial charge in [0.1, 0.15) is 18.1 Å². The molecule has 0 aliphatic carbocycles. The Hall–Kier alpha value is -3.21. The maximum Gasteiger partial charge on any atom is 0.319 e. The molecule has 0 spiro atoms. The molecule has 0 fully saturated rings. The molecule has 2 amide bonds. The minimum Gasteiger partial charge on any atom is -0.494 e. The summed E-state index contributed by atoms with van der Waals surface area (Å²) in [6.45, 7) is 8.73. The van der Waals surface area contributed by atoms with Crippen LogP contribution in [0.5, 0.6) is 5.75 Å². The van der Waals surface area contributed by atoms with Gasteiger partial charge in [0.15, 0.2) is 0 Å². The first-order valence-electron chi connectivity index (χ1n) is 8.96. The first kappa shape index (κ1) is 18.6. The monoisotopic (exact) mass is 364 g/mol. The Morgan fingerprint density at radius 1 is 1.11 bits per heavy atom. The Kier molecular flexibility index (Phi) is 5.81. The summed E-state index contributed by atoms with van der Waals surface area (Å²) in [6.07, 6.45) is 0. The molecule has 1 aliphatic heterocycles. The number of allylic oxidation sites excluding steroid dienone is 1. The van der Waals surface area contributed by atoms with E-state index in [9.17, 15) is 4.79 Å². The molecule has 0 aromatic heterocycles. The standard InChI is InChI=1S/C22H24N2O3/c1-4-26-16(3)20-15(2)23-22(25)24-21(20)18-12-8-9-13-19(18)27-14-17-10-6-5-7-11-17/h5-13,21H,3-4,14H2,1-2H3,(H2,23,24,25). The molecule has 140 valence electrons. The van der Waals surface area contributed by atoms with Gasteiger partial charge in [-0.3, -0.25) is 0 Å². The van der Waals surface area contributed by atoms with E-state index in [1.165, 1.54) is 0 Å². The van der Waals surface area contributed by atoms with Crippen molar-refractivity contribution in [2.75, 3.05) is 6.61 Å². The average Bonchev–Trinajstić information content (AvgIpc) is 2.67. The number of benzene rings is 2. The number of amides is 2. The van der Waals surface area contributed by atoms with Crippen LogP contribution in [-0.4, -0.2) is 12.6 Å². The smallest absolute Gasteiger partial charge is 0.319 e. The lowest BCUT2D eigenvalue weighted by atomic mass is 9.93. The number of carbonyl (C=O) groups excluding carboxylic acids is 1. The van der Waals surface area contributed by atoms with Crippen LogP contribution in [0.15, 0.2) is 78.2 Å². The highest BCUT2D eigenvalue weighted by atomic mass is 16.5. The van der Waals surface area contributed by atoms with Gasteiger partial charge in [-0.05, 0) is 25.5 Å². The zero-order chi connectivity index (χ0) is 19.2. The molecule has 1 atom stereocenters. The van der Waals surface area contributed by atoms with Crippen molar-refractivity contribution in [3.8, 4) is 5.75 Å². The summed E-state index contributed by atoms with van der Waals surface area (Å²) in [5.41, 5.74) is 3.47. The van der Waals surface area contributed by atoms with Crippen molar-refractivity contribution in [1.29, 1.82) is 0 Å². The van der Waals surface area contributed by atoms with Crippen LogP contribution in [0.2, 0.25) is 0 Å². The lowest BCUT2D eigenvalue weighted by Crippen LogP contribution is -2.44. The molecule has 2 aromatic rings. The predicted octanol–water partition coefficient (Wildman–Crippen LogP) is 4.44. The average molecular weight is 364 g/mol. The van der Waals surface area contributed by atoms with Crippen molar-refractivity contribution in [3.63, 3.8) is 0 Å². The normalized spacial score (nSPS) is 16.4. The number of carbonyl (C=O) groups is 1. The van der Waals surface area contributed by atoms with Gasteiger partial charge >= 0.3 is 6.03 Å². The van der Waals surface area contributed by atoms with Crippen molar-refractivity contribution < 1.29 is 14.3 Å². The molecule has 0 saturated carbocycles. The molecule has 0 bridgehead atoms. The number of urea groups is 1. The second kappa shape index (κ2) is 8.45. The lowest BCUT2D eigenvalue weighted by Gasteiger charge is -2.31. The lowest BCUT2D eigenvalue weighted by molar-refractivity contribution is 0.223. The fourth-order valence-corrected chi connectivity index (χ4v) is 3.13. The molecule has 5 heteroatoms. The number of nitrogens with one attached hydrogen (secondary N) is 2. The van der Waals surface area contributed by atoms with Gasteiger partial charge in [0, 0.05) is 16.8 Å². The number of hydrogen-bond acceptors (Lipinski definition) is 3. The van der Waals surface area contributed by atoms with Crippen LogP contribution in [-0.2, 0) is 11.3 Å². The first-order valence-corrected chi connectivity index (χ1v) is 8.96. The number of para-hydroxylation sites is 1. The van der Waals surface area contributed by atoms with Gasteiger partial charge in [-0.1, -0.05) is 55.1 Å². The predicted molar refractivity (Wildman–Crippen MR) is 105 cm³/mol. The van der Waals surface area contributed by atoms with Crippen LogP contribution < -0.4 is 15.4 Å². The molecular weight excluding hydrogens is 340 g/mol. The molecule has 5 nitrogen and oxygen atoms in total. The number of rotatable bonds is 7. The first-order chi connectivity index (χ1) is 13.1. The maximum atomic E-state index is 12.1. The van der Waals surface area contributed by atoms with Gasteiger partial charge in [-0.15, -0.1) is 0 Å². The third kappa shape index (κ3) is 4.31. The van der Waals surface area contributed by atoms with E-state index in [0.29, 0.717) is 24.7 Å². The van der Waals surface area contributed by atoms with Crippen LogP contribution >= 0.6 is 0 Å². The van der Waals surface area contributed by atoms with Crippen LogP contribution in [0.1, 0.15) is 31.0 Å². The van der Waals surface area contributed by atoms with E-state index in [2.05, 4.69) is 17.2 Å². The SMILES string of the molecule is C=C(OCC)C1=C(C)NC(=O)NC1c1ccccc1OCc1ccccc1. The molecular formula is C22H24N2O3. The molecule has 27 heavy (non-hydrogen) atoms. The maximum absolute atomic E-state index is 12.1. The fraction of sp³-hybridized carbons (Fsp3) is 0.227. The topological polar surface area (TPSA) is 59.6 Å². The second-order valence-electron chi connectivity index (χ2n) is 6.24. The summed E-state index contributed by atoms with van der Waals surface area (Å²) < 4.78 is 11.7. The summed E-state index contributed by atoms with van der Waals surface area (Å²) in [4.78, 5) is 12.1. The van der Waals surface area contributed by atoms with E-state index in [0.717, 1.165) is 22.4 Å². The molecule has 0 saturated heterocycles. The molecule has 3 rings (SSSR count). The van der Waals surface area contributed by atoms with Crippen molar-refractivity contribution >= 4 is 6.03 Å². The van der Waals surface area contributed by atoms with Crippen LogP contribution in [0.3, 0.4) is 0 Å². The summed E-state index contributed by atoms with van der Waals surface area (Å²) in [5, 5.41) is 5.76. The van der Waals surface area contributed by atoms with Crippen LogP contribution in [0.25, 0.3) is 0 Å². The van der Waals surface area contributed by atoms with Gasteiger partial charge < -0.3 is 20.1 Å². The van der Waals surface area contributed by atoms with Crippen molar-refractivity contribution in [2.24, 2.45) is 0 Å². The van der Waals surface area contributed by atoms with E-state index in [1.807, 2.05) is 68.4 Å². The molecule has 1 aliphatic rings. The zero-order valence-corrected chi connectivity index (χ0v) is 15.6. The van der Waals surface area contributed by atoms with Crippen LogP contribution in [0, 0.1) is 0 Å². The summed E-state index contributed by atoms with van der Waals surface area (Å²) in [6, 6.07) is 17.0. The molecule has 1 heterocycles. The number of hydrogen-bond donors (Lipinski definition) is 2. The van der Waals surface area contributed by atoms with E-state index in [1.54, 1.807) is 0 Å². The Morgan fingerprint density at radius 2 is 1.81 bits per heavy atom. The second-order valence-corrected chi connectivity index (χ2v) is 6.24. The Balaban J connectivity index is 1.92. The van der Waals surface area contributed by atoms with E-state index in [-0.39, 0.29) is 6.03 Å². The fourth-order valence-electron chi connectivity index (χ4n) is 3.13. The van der Waals surface area contributed by atoms with E-state index in [4.69, 9.17) is 9.47 Å². The minimum absolute atomic E-state index is 0.261. The largest absolute Gasteiger partial charge is 0.494 e. The quantitative estimate of drug-likeness (QED) is 0.714. The minimum atomic E-state index is -0.398. The van der Waals surface area contributed by atoms with Crippen molar-refractivity contribution in [1.82, 2.24) is 10.6 Å². The van der Waals surface area contributed by atoms with Crippen molar-refractivity contribution in [2.45, 2.75) is 26.5 Å². The number of ether oxygens (including phenoxy) is 2. The van der Waals surface area contributed by atoms with Gasteiger partial charge in [-0.25, -0.2) is 4.79 Å². The molecule has 2 N–H and O–H groups in total. The Bertz CT molecular complexity index is 859. The van der Waals surface area contributed by atoms with Crippen LogP contribution in [0.4, 0.5) is 4.79 Å². The molecule has 2 aromatic carbocycles. The highest BCUT2D eigenvalue weighted by Gasteiger charge is 2.30. The Morgan fingerprint density at radius 3 is 2.56 bits per heavy atom. The summed E-state index contributed by atoms with van der Waals surface area (Å²) in [5.74, 6) is 1.24. The van der Waals surface area contributed by atoms with E-state index >= 15 is 0 Å². The Labute approximate surface area is 159 Å². The van der Waals surface area contributed by atoms with Gasteiger partial charge in [0.25, 0.3) is 0 Å². The zero-order valence-electron chi connectivity index (χ0n) is 15.6. The van der Waals surface area contributed by atoms with Gasteiger partial charge in [0.05, 0.1) is 12.6 Å². The van der Waals surface area contributed by atoms with E-state index < -0.39 is 6.04 Å². The van der Waals surface area contributed by atoms with Gasteiger partial charge in [0.2, 0.25) is 0 Å². The van der Waals surface area contributed by atoms with Gasteiger partial charge in [-0.2, -0.15) is 0 Å². The third-order valence-corrected chi connectivity index (χ3v) is 4.36. The molecule has 0 radical (unpaired) electrons. The summed E-state index contributed by atoms with van der Waals surface area (Å²) >= 11 is 0. The highest BCUT2D eigenvalue weighted by molar-refractivity contribution is 5.79.